The van der Waals surface area contributed by atoms with Gasteiger partial charge in [0, 0.05) is 5.39 Å². The van der Waals surface area contributed by atoms with Crippen LogP contribution >= 0.6 is 0 Å². The summed E-state index contributed by atoms with van der Waals surface area (Å²) in [4.78, 5) is 23.2. The van der Waals surface area contributed by atoms with Gasteiger partial charge in [-0.3, -0.25) is 4.79 Å². The molecule has 0 spiro atoms. The molecule has 0 bridgehead atoms. The van der Waals surface area contributed by atoms with Crippen LogP contribution in [0, 0.1) is 0 Å². The van der Waals surface area contributed by atoms with Gasteiger partial charge in [-0.2, -0.15) is 5.10 Å². The molecule has 2 aromatic heterocycles. The van der Waals surface area contributed by atoms with Crippen LogP contribution < -0.4 is 14.9 Å². The Hall–Kier alpha value is -4.53. The molecular weight excluding hydrogens is 428 g/mol. The molecule has 0 radical (unpaired) electrons. The highest BCUT2D eigenvalue weighted by molar-refractivity contribution is 5.96. The van der Waals surface area contributed by atoms with E-state index >= 15 is 0 Å². The Morgan fingerprint density at radius 3 is 2.61 bits per heavy atom. The van der Waals surface area contributed by atoms with Crippen LogP contribution in [0.3, 0.4) is 0 Å². The number of carboxylic acid groups (broad SMARTS) is 1. The van der Waals surface area contributed by atoms with E-state index in [1.54, 1.807) is 30.3 Å². The molecule has 33 heavy (non-hydrogen) atoms. The number of benzene rings is 2. The Kier molecular flexibility index (Phi) is 6.40. The third-order valence-corrected chi connectivity index (χ3v) is 4.54. The molecule has 1 amide bonds. The summed E-state index contributed by atoms with van der Waals surface area (Å²) in [5.74, 6) is -0.317. The minimum absolute atomic E-state index is 0.0361. The van der Waals surface area contributed by atoms with Gasteiger partial charge in [0.15, 0.2) is 17.3 Å². The number of fused-ring (bicyclic) bond motifs is 1. The van der Waals surface area contributed by atoms with Gasteiger partial charge in [0.2, 0.25) is 5.76 Å². The van der Waals surface area contributed by atoms with Crippen molar-refractivity contribution in [2.45, 2.75) is 13.5 Å². The molecule has 0 fully saturated rings. The number of carboxylic acids is 1. The number of para-hydroxylation sites is 1. The third kappa shape index (κ3) is 5.21. The maximum atomic E-state index is 12.3. The normalized spacial score (nSPS) is 11.1. The topological polar surface area (TPSA) is 124 Å². The van der Waals surface area contributed by atoms with E-state index in [9.17, 15) is 9.59 Å². The van der Waals surface area contributed by atoms with Crippen LogP contribution in [0.1, 0.15) is 39.4 Å². The van der Waals surface area contributed by atoms with E-state index in [1.807, 2.05) is 25.1 Å². The minimum atomic E-state index is -1.15. The van der Waals surface area contributed by atoms with Crippen molar-refractivity contribution in [1.82, 2.24) is 5.43 Å². The number of ether oxygens (including phenoxy) is 2. The van der Waals surface area contributed by atoms with Gasteiger partial charge in [-0.15, -0.1) is 0 Å². The Bertz CT molecular complexity index is 1290. The standard InChI is InChI=1S/C24H20N2O7/c1-2-30-21-11-15(7-9-19(21)31-14-17-8-10-20(32-17)24(28)29)13-25-26-23(27)22-12-16-5-3-4-6-18(16)33-22/h3-13H,2,14H2,1H3,(H,26,27)(H,28,29). The summed E-state index contributed by atoms with van der Waals surface area (Å²) in [5.41, 5.74) is 3.73. The Morgan fingerprint density at radius 1 is 1.00 bits per heavy atom. The summed E-state index contributed by atoms with van der Waals surface area (Å²) < 4.78 is 22.0. The first-order valence-electron chi connectivity index (χ1n) is 10.1. The lowest BCUT2D eigenvalue weighted by molar-refractivity contribution is 0.0657. The highest BCUT2D eigenvalue weighted by atomic mass is 16.5. The fourth-order valence-electron chi connectivity index (χ4n) is 3.03. The van der Waals surface area contributed by atoms with Crippen molar-refractivity contribution in [3.05, 3.63) is 83.5 Å². The predicted octanol–water partition coefficient (Wildman–Crippen LogP) is 4.47. The summed E-state index contributed by atoms with van der Waals surface area (Å²) in [6.07, 6.45) is 1.47. The molecule has 2 N–H and O–H groups in total. The first-order valence-corrected chi connectivity index (χ1v) is 10.1. The molecule has 2 aromatic carbocycles. The number of furan rings is 2. The van der Waals surface area contributed by atoms with E-state index in [0.29, 0.717) is 35.0 Å². The van der Waals surface area contributed by atoms with Crippen LogP contribution in [0.2, 0.25) is 0 Å². The lowest BCUT2D eigenvalue weighted by Crippen LogP contribution is -2.16. The van der Waals surface area contributed by atoms with E-state index in [4.69, 9.17) is 23.4 Å². The molecule has 4 aromatic rings. The highest BCUT2D eigenvalue weighted by Crippen LogP contribution is 2.29. The molecule has 168 valence electrons. The number of nitrogens with one attached hydrogen (secondary N) is 1. The van der Waals surface area contributed by atoms with E-state index in [0.717, 1.165) is 5.39 Å². The van der Waals surface area contributed by atoms with Crippen molar-refractivity contribution in [1.29, 1.82) is 0 Å². The second kappa shape index (κ2) is 9.73. The molecule has 0 unspecified atom stereocenters. The molecule has 0 aliphatic carbocycles. The van der Waals surface area contributed by atoms with Crippen molar-refractivity contribution in [2.75, 3.05) is 6.61 Å². The molecule has 0 aliphatic rings. The van der Waals surface area contributed by atoms with Crippen molar-refractivity contribution in [3.8, 4) is 11.5 Å². The van der Waals surface area contributed by atoms with Gasteiger partial charge < -0.3 is 23.4 Å². The van der Waals surface area contributed by atoms with Crippen LogP contribution in [-0.2, 0) is 6.61 Å². The number of amides is 1. The van der Waals surface area contributed by atoms with Crippen LogP contribution in [0.5, 0.6) is 11.5 Å². The average Bonchev–Trinajstić information content (AvgIpc) is 3.46. The first kappa shape index (κ1) is 21.7. The van der Waals surface area contributed by atoms with E-state index < -0.39 is 11.9 Å². The molecule has 4 rings (SSSR count). The third-order valence-electron chi connectivity index (χ3n) is 4.54. The maximum Gasteiger partial charge on any atom is 0.371 e. The Morgan fingerprint density at radius 2 is 1.85 bits per heavy atom. The van der Waals surface area contributed by atoms with Gasteiger partial charge in [-0.25, -0.2) is 10.2 Å². The average molecular weight is 448 g/mol. The number of hydrazone groups is 1. The van der Waals surface area contributed by atoms with Crippen LogP contribution in [0.4, 0.5) is 0 Å². The fraction of sp³-hybridized carbons (Fsp3) is 0.125. The van der Waals surface area contributed by atoms with Crippen LogP contribution in [0.25, 0.3) is 11.0 Å². The molecular formula is C24H20N2O7. The van der Waals surface area contributed by atoms with Crippen LogP contribution in [-0.4, -0.2) is 29.8 Å². The highest BCUT2D eigenvalue weighted by Gasteiger charge is 2.13. The quantitative estimate of drug-likeness (QED) is 0.286. The van der Waals surface area contributed by atoms with Crippen molar-refractivity contribution in [3.63, 3.8) is 0 Å². The van der Waals surface area contributed by atoms with Crippen LogP contribution in [0.15, 0.2) is 74.6 Å². The number of rotatable bonds is 9. The maximum absolute atomic E-state index is 12.3. The monoisotopic (exact) mass is 448 g/mol. The molecule has 0 atom stereocenters. The largest absolute Gasteiger partial charge is 0.490 e. The SMILES string of the molecule is CCOc1cc(C=NNC(=O)c2cc3ccccc3o2)ccc1OCc1ccc(C(=O)O)o1. The molecule has 0 aliphatic heterocycles. The lowest BCUT2D eigenvalue weighted by atomic mass is 10.2. The summed E-state index contributed by atoms with van der Waals surface area (Å²) in [7, 11) is 0. The zero-order valence-electron chi connectivity index (χ0n) is 17.6. The lowest BCUT2D eigenvalue weighted by Gasteiger charge is -2.11. The number of nitrogens with zero attached hydrogens (tertiary/aromatic N) is 1. The smallest absolute Gasteiger partial charge is 0.371 e. The summed E-state index contributed by atoms with van der Waals surface area (Å²) >= 11 is 0. The Balaban J connectivity index is 1.40. The number of aromatic carboxylic acids is 1. The molecule has 9 heteroatoms. The molecule has 0 saturated carbocycles. The van der Waals surface area contributed by atoms with Gasteiger partial charge in [-0.1, -0.05) is 18.2 Å². The van der Waals surface area contributed by atoms with Crippen molar-refractivity contribution >= 4 is 29.1 Å². The van der Waals surface area contributed by atoms with Gasteiger partial charge >= 0.3 is 11.9 Å². The number of carbonyl (C=O) groups is 2. The summed E-state index contributed by atoms with van der Waals surface area (Å²) in [5, 5.41) is 13.7. The van der Waals surface area contributed by atoms with E-state index in [2.05, 4.69) is 10.5 Å². The predicted molar refractivity (Wildman–Crippen MR) is 119 cm³/mol. The second-order valence-electron chi connectivity index (χ2n) is 6.85. The van der Waals surface area contributed by atoms with E-state index in [1.165, 1.54) is 18.3 Å². The van der Waals surface area contributed by atoms with Crippen molar-refractivity contribution < 1.29 is 33.0 Å². The summed E-state index contributed by atoms with van der Waals surface area (Å²) in [6, 6.07) is 17.0. The van der Waals surface area contributed by atoms with Gasteiger partial charge in [0.05, 0.1) is 12.8 Å². The van der Waals surface area contributed by atoms with Gasteiger partial charge in [0.1, 0.15) is 18.0 Å². The number of hydrogen-bond donors (Lipinski definition) is 2. The number of carbonyl (C=O) groups excluding carboxylic acids is 1. The minimum Gasteiger partial charge on any atom is -0.490 e. The second-order valence-corrected chi connectivity index (χ2v) is 6.85. The van der Waals surface area contributed by atoms with Crippen molar-refractivity contribution in [2.24, 2.45) is 5.10 Å². The van der Waals surface area contributed by atoms with Gasteiger partial charge in [-0.05, 0) is 55.0 Å². The zero-order chi connectivity index (χ0) is 23.2. The molecule has 2 heterocycles. The first-order chi connectivity index (χ1) is 16.0. The van der Waals surface area contributed by atoms with E-state index in [-0.39, 0.29) is 18.1 Å². The number of hydrogen-bond acceptors (Lipinski definition) is 7. The van der Waals surface area contributed by atoms with Gasteiger partial charge in [0.25, 0.3) is 0 Å². The fourth-order valence-corrected chi connectivity index (χ4v) is 3.03. The zero-order valence-corrected chi connectivity index (χ0v) is 17.6. The molecule has 9 nitrogen and oxygen atoms in total. The summed E-state index contributed by atoms with van der Waals surface area (Å²) in [6.45, 7) is 2.28. The Labute approximate surface area is 188 Å². The molecule has 0 saturated heterocycles.